The van der Waals surface area contributed by atoms with E-state index in [1.807, 2.05) is 6.92 Å². The molecule has 1 aliphatic rings. The van der Waals surface area contributed by atoms with Crippen molar-refractivity contribution < 1.29 is 23.5 Å². The minimum Gasteiger partial charge on any atom is -0.462 e. The van der Waals surface area contributed by atoms with Crippen LogP contribution in [0.15, 0.2) is 60.5 Å². The maximum atomic E-state index is 14.7. The molecule has 1 unspecified atom stereocenters. The van der Waals surface area contributed by atoms with Crippen molar-refractivity contribution in [2.24, 2.45) is 0 Å². The second-order valence-corrected chi connectivity index (χ2v) is 7.80. The van der Waals surface area contributed by atoms with Gasteiger partial charge in [0.25, 0.3) is 0 Å². The van der Waals surface area contributed by atoms with Gasteiger partial charge in [-0.05, 0) is 47.7 Å². The van der Waals surface area contributed by atoms with Crippen molar-refractivity contribution in [2.75, 3.05) is 13.7 Å². The molecule has 0 saturated heterocycles. The molecule has 1 heterocycles. The van der Waals surface area contributed by atoms with Gasteiger partial charge in [-0.25, -0.2) is 9.18 Å². The molecule has 0 radical (unpaired) electrons. The third-order valence-electron chi connectivity index (χ3n) is 5.20. The SMILES string of the molecule is CCCOC(=O)c1cccc(C2=C(NC)OC(c3cc(Cl)cc4cccc(F)c34)C2=O)c1. The molecule has 0 bridgehead atoms. The Bertz CT molecular complexity index is 1250. The number of ether oxygens (including phenoxy) is 2. The zero-order valence-electron chi connectivity index (χ0n) is 17.6. The van der Waals surface area contributed by atoms with E-state index in [1.54, 1.807) is 55.6 Å². The topological polar surface area (TPSA) is 64.6 Å². The van der Waals surface area contributed by atoms with E-state index in [0.29, 0.717) is 40.1 Å². The Morgan fingerprint density at radius 1 is 1.19 bits per heavy atom. The number of halogens is 2. The molecule has 0 aliphatic carbocycles. The summed E-state index contributed by atoms with van der Waals surface area (Å²) in [5.41, 5.74) is 1.44. The second-order valence-electron chi connectivity index (χ2n) is 7.37. The summed E-state index contributed by atoms with van der Waals surface area (Å²) in [4.78, 5) is 25.8. The predicted octanol–water partition coefficient (Wildman–Crippen LogP) is 5.43. The number of fused-ring (bicyclic) bond motifs is 1. The van der Waals surface area contributed by atoms with Gasteiger partial charge < -0.3 is 14.8 Å². The van der Waals surface area contributed by atoms with Gasteiger partial charge in [-0.3, -0.25) is 4.79 Å². The Morgan fingerprint density at radius 3 is 2.72 bits per heavy atom. The highest BCUT2D eigenvalue weighted by atomic mass is 35.5. The van der Waals surface area contributed by atoms with E-state index in [0.717, 1.165) is 0 Å². The number of ketones is 1. The van der Waals surface area contributed by atoms with Gasteiger partial charge in [0.1, 0.15) is 5.82 Å². The Balaban J connectivity index is 1.76. The maximum Gasteiger partial charge on any atom is 0.338 e. The summed E-state index contributed by atoms with van der Waals surface area (Å²) >= 11 is 6.25. The van der Waals surface area contributed by atoms with Crippen LogP contribution in [0.3, 0.4) is 0 Å². The number of carbonyl (C=O) groups is 2. The summed E-state index contributed by atoms with van der Waals surface area (Å²) in [5, 5.41) is 4.12. The lowest BCUT2D eigenvalue weighted by molar-refractivity contribution is -0.120. The fraction of sp³-hybridized carbons (Fsp3) is 0.200. The van der Waals surface area contributed by atoms with Crippen LogP contribution in [0, 0.1) is 5.82 Å². The van der Waals surface area contributed by atoms with Crippen LogP contribution in [0.25, 0.3) is 16.3 Å². The van der Waals surface area contributed by atoms with Crippen molar-refractivity contribution >= 4 is 39.7 Å². The summed E-state index contributed by atoms with van der Waals surface area (Å²) in [6.07, 6.45) is -0.375. The third-order valence-corrected chi connectivity index (χ3v) is 5.42. The molecule has 1 N–H and O–H groups in total. The van der Waals surface area contributed by atoms with Gasteiger partial charge in [0.15, 0.2) is 12.0 Å². The van der Waals surface area contributed by atoms with Crippen molar-refractivity contribution in [1.82, 2.24) is 5.32 Å². The van der Waals surface area contributed by atoms with Crippen molar-refractivity contribution in [3.05, 3.63) is 88.0 Å². The van der Waals surface area contributed by atoms with E-state index in [1.165, 1.54) is 6.07 Å². The molecule has 32 heavy (non-hydrogen) atoms. The van der Waals surface area contributed by atoms with E-state index < -0.39 is 17.9 Å². The number of carbonyl (C=O) groups excluding carboxylic acids is 2. The minimum absolute atomic E-state index is 0.239. The lowest BCUT2D eigenvalue weighted by Gasteiger charge is -2.15. The lowest BCUT2D eigenvalue weighted by Crippen LogP contribution is -2.11. The molecule has 3 aromatic rings. The smallest absolute Gasteiger partial charge is 0.338 e. The number of hydrogen-bond donors (Lipinski definition) is 1. The van der Waals surface area contributed by atoms with Gasteiger partial charge in [0.05, 0.1) is 17.7 Å². The zero-order chi connectivity index (χ0) is 22.8. The highest BCUT2D eigenvalue weighted by molar-refractivity contribution is 6.32. The van der Waals surface area contributed by atoms with Gasteiger partial charge in [0, 0.05) is 23.0 Å². The number of Topliss-reactive ketones (excluding diaryl/α,β-unsaturated/α-hetero) is 1. The first-order valence-electron chi connectivity index (χ1n) is 10.2. The number of benzene rings is 3. The number of hydrogen-bond acceptors (Lipinski definition) is 5. The Morgan fingerprint density at radius 2 is 1.97 bits per heavy atom. The van der Waals surface area contributed by atoms with Crippen molar-refractivity contribution in [3.8, 4) is 0 Å². The number of nitrogens with one attached hydrogen (secondary N) is 1. The molecule has 164 valence electrons. The second kappa shape index (κ2) is 9.01. The standard InChI is InChI=1S/C25H21ClFNO4/c1-3-10-31-25(30)16-8-4-6-14(11-16)21-22(29)23(32-24(21)28-2)18-13-17(26)12-15-7-5-9-19(27)20(15)18/h4-9,11-13,23,28H,3,10H2,1-2H3. The highest BCUT2D eigenvalue weighted by Gasteiger charge is 2.38. The summed E-state index contributed by atoms with van der Waals surface area (Å²) in [5.74, 6) is -1.05. The van der Waals surface area contributed by atoms with Gasteiger partial charge in [0.2, 0.25) is 5.78 Å². The van der Waals surface area contributed by atoms with Crippen LogP contribution in [0.5, 0.6) is 0 Å². The predicted molar refractivity (Wildman–Crippen MR) is 121 cm³/mol. The van der Waals surface area contributed by atoms with E-state index in [-0.39, 0.29) is 22.6 Å². The number of esters is 1. The molecule has 0 amide bonds. The van der Waals surface area contributed by atoms with Crippen LogP contribution in [0.1, 0.15) is 40.9 Å². The average Bonchev–Trinajstić information content (AvgIpc) is 3.13. The molecule has 3 aromatic carbocycles. The van der Waals surface area contributed by atoms with Gasteiger partial charge >= 0.3 is 5.97 Å². The van der Waals surface area contributed by atoms with Crippen LogP contribution in [-0.4, -0.2) is 25.4 Å². The molecule has 1 aliphatic heterocycles. The van der Waals surface area contributed by atoms with Crippen LogP contribution < -0.4 is 5.32 Å². The van der Waals surface area contributed by atoms with E-state index in [2.05, 4.69) is 5.32 Å². The van der Waals surface area contributed by atoms with Crippen molar-refractivity contribution in [1.29, 1.82) is 0 Å². The van der Waals surface area contributed by atoms with Gasteiger partial charge in [-0.2, -0.15) is 0 Å². The highest BCUT2D eigenvalue weighted by Crippen LogP contribution is 2.41. The van der Waals surface area contributed by atoms with Gasteiger partial charge in [-0.15, -0.1) is 0 Å². The summed E-state index contributed by atoms with van der Waals surface area (Å²) in [7, 11) is 1.63. The lowest BCUT2D eigenvalue weighted by atomic mass is 9.93. The molecule has 0 aromatic heterocycles. The van der Waals surface area contributed by atoms with Crippen LogP contribution in [0.2, 0.25) is 5.02 Å². The Labute approximate surface area is 189 Å². The Kier molecular flexibility index (Phi) is 6.15. The minimum atomic E-state index is -1.08. The first kappa shape index (κ1) is 21.8. The van der Waals surface area contributed by atoms with Crippen LogP contribution >= 0.6 is 11.6 Å². The molecular weight excluding hydrogens is 433 g/mol. The van der Waals surface area contributed by atoms with Crippen LogP contribution in [0.4, 0.5) is 4.39 Å². The number of rotatable bonds is 6. The zero-order valence-corrected chi connectivity index (χ0v) is 18.3. The Hall–Kier alpha value is -3.38. The summed E-state index contributed by atoms with van der Waals surface area (Å²) in [6, 6.07) is 14.4. The average molecular weight is 454 g/mol. The first-order chi connectivity index (χ1) is 15.4. The fourth-order valence-electron chi connectivity index (χ4n) is 3.80. The fourth-order valence-corrected chi connectivity index (χ4v) is 4.03. The van der Waals surface area contributed by atoms with Crippen LogP contribution in [-0.2, 0) is 14.3 Å². The maximum absolute atomic E-state index is 14.7. The van der Waals surface area contributed by atoms with Crippen molar-refractivity contribution in [2.45, 2.75) is 19.4 Å². The summed E-state index contributed by atoms with van der Waals surface area (Å²) < 4.78 is 25.8. The van der Waals surface area contributed by atoms with E-state index in [4.69, 9.17) is 21.1 Å². The summed E-state index contributed by atoms with van der Waals surface area (Å²) in [6.45, 7) is 2.22. The van der Waals surface area contributed by atoms with E-state index >= 15 is 0 Å². The molecule has 0 saturated carbocycles. The monoisotopic (exact) mass is 453 g/mol. The molecular formula is C25H21ClFNO4. The largest absolute Gasteiger partial charge is 0.462 e. The molecule has 7 heteroatoms. The molecule has 1 atom stereocenters. The molecule has 0 fully saturated rings. The normalized spacial score (nSPS) is 15.8. The van der Waals surface area contributed by atoms with Gasteiger partial charge in [-0.1, -0.05) is 42.8 Å². The third kappa shape index (κ3) is 3.94. The van der Waals surface area contributed by atoms with Crippen molar-refractivity contribution in [3.63, 3.8) is 0 Å². The quantitative estimate of drug-likeness (QED) is 0.504. The molecule has 4 rings (SSSR count). The molecule has 5 nitrogen and oxygen atoms in total. The van der Waals surface area contributed by atoms with E-state index in [9.17, 15) is 14.0 Å². The first-order valence-corrected chi connectivity index (χ1v) is 10.6. The molecule has 0 spiro atoms.